The van der Waals surface area contributed by atoms with Gasteiger partial charge in [0, 0.05) is 31.6 Å². The molecule has 4 aliphatic carbocycles. The Labute approximate surface area is 193 Å². The molecule has 0 aromatic heterocycles. The van der Waals surface area contributed by atoms with Gasteiger partial charge in [-0.25, -0.2) is 0 Å². The van der Waals surface area contributed by atoms with Crippen LogP contribution in [0, 0.1) is 46.3 Å². The number of ether oxygens (including phenoxy) is 2. The Bertz CT molecular complexity index is 761. The molecule has 0 radical (unpaired) electrons. The molecule has 32 heavy (non-hydrogen) atoms. The standard InChI is InChI=1S/C27H42O5/c1-16(6-11-25(30)31-5)21-9-10-22-20-8-7-18-14-19(29)12-13-26(18,3)23(20)15-24(27(21,22)4)32-17(2)28/h16,18,20-24H,6-15H2,1-5H3/t16-,18-,20+,21-,22+,23+,24+,26+,27-/m1/s1. The molecule has 0 spiro atoms. The van der Waals surface area contributed by atoms with Crippen LogP contribution in [0.25, 0.3) is 0 Å². The van der Waals surface area contributed by atoms with Gasteiger partial charge in [0.15, 0.2) is 0 Å². The van der Waals surface area contributed by atoms with Crippen LogP contribution in [-0.4, -0.2) is 30.9 Å². The van der Waals surface area contributed by atoms with Crippen LogP contribution in [0.5, 0.6) is 0 Å². The summed E-state index contributed by atoms with van der Waals surface area (Å²) in [5.41, 5.74) is 0.140. The Morgan fingerprint density at radius 3 is 2.56 bits per heavy atom. The molecule has 4 aliphatic rings. The van der Waals surface area contributed by atoms with E-state index in [9.17, 15) is 14.4 Å². The van der Waals surface area contributed by atoms with Crippen molar-refractivity contribution in [1.82, 2.24) is 0 Å². The normalized spacial score (nSPS) is 44.1. The SMILES string of the molecule is COC(=O)CC[C@@H](C)[C@H]1CC[C@H]2[C@@H]3CC[C@@H]4CC(=O)CC[C@]4(C)[C@H]3C[C@H](OC(C)=O)[C@]12C. The summed E-state index contributed by atoms with van der Waals surface area (Å²) in [7, 11) is 1.45. The molecule has 0 saturated heterocycles. The fourth-order valence-electron chi connectivity index (χ4n) is 8.97. The van der Waals surface area contributed by atoms with E-state index in [0.717, 1.165) is 38.5 Å². The number of methoxy groups -OCH3 is 1. The molecule has 0 aliphatic heterocycles. The Morgan fingerprint density at radius 2 is 1.88 bits per heavy atom. The lowest BCUT2D eigenvalue weighted by atomic mass is 9.43. The van der Waals surface area contributed by atoms with Gasteiger partial charge in [-0.2, -0.15) is 0 Å². The van der Waals surface area contributed by atoms with Crippen molar-refractivity contribution in [3.8, 4) is 0 Å². The Balaban J connectivity index is 1.62. The summed E-state index contributed by atoms with van der Waals surface area (Å²) >= 11 is 0. The second-order valence-corrected chi connectivity index (χ2v) is 11.9. The number of esters is 2. The average molecular weight is 447 g/mol. The minimum Gasteiger partial charge on any atom is -0.469 e. The van der Waals surface area contributed by atoms with E-state index in [-0.39, 0.29) is 28.9 Å². The molecule has 4 rings (SSSR count). The molecule has 180 valence electrons. The van der Waals surface area contributed by atoms with Crippen LogP contribution in [0.4, 0.5) is 0 Å². The number of hydrogen-bond acceptors (Lipinski definition) is 5. The third-order valence-electron chi connectivity index (χ3n) is 10.7. The van der Waals surface area contributed by atoms with Crippen molar-refractivity contribution in [1.29, 1.82) is 0 Å². The summed E-state index contributed by atoms with van der Waals surface area (Å²) in [6.07, 6.45) is 9.27. The van der Waals surface area contributed by atoms with Gasteiger partial charge in [-0.15, -0.1) is 0 Å². The Hall–Kier alpha value is -1.39. The number of carbonyl (C=O) groups excluding carboxylic acids is 3. The first-order chi connectivity index (χ1) is 15.1. The minimum absolute atomic E-state index is 0.0456. The van der Waals surface area contributed by atoms with Crippen molar-refractivity contribution in [2.24, 2.45) is 46.3 Å². The molecule has 0 unspecified atom stereocenters. The smallest absolute Gasteiger partial charge is 0.305 e. The van der Waals surface area contributed by atoms with Crippen molar-refractivity contribution in [2.75, 3.05) is 7.11 Å². The van der Waals surface area contributed by atoms with Crippen molar-refractivity contribution in [3.05, 3.63) is 0 Å². The van der Waals surface area contributed by atoms with E-state index in [4.69, 9.17) is 9.47 Å². The van der Waals surface area contributed by atoms with Gasteiger partial charge in [-0.05, 0) is 85.9 Å². The molecule has 0 aromatic rings. The first kappa shape index (κ1) is 23.8. The highest BCUT2D eigenvalue weighted by Gasteiger charge is 2.64. The maximum Gasteiger partial charge on any atom is 0.305 e. The third-order valence-corrected chi connectivity index (χ3v) is 10.7. The van der Waals surface area contributed by atoms with Crippen LogP contribution in [0.1, 0.15) is 91.9 Å². The summed E-state index contributed by atoms with van der Waals surface area (Å²) in [6, 6.07) is 0. The summed E-state index contributed by atoms with van der Waals surface area (Å²) in [5, 5.41) is 0. The molecule has 0 amide bonds. The van der Waals surface area contributed by atoms with E-state index in [1.165, 1.54) is 20.0 Å². The van der Waals surface area contributed by atoms with Gasteiger partial charge in [0.25, 0.3) is 0 Å². The topological polar surface area (TPSA) is 69.7 Å². The van der Waals surface area contributed by atoms with Gasteiger partial charge in [-0.1, -0.05) is 20.8 Å². The van der Waals surface area contributed by atoms with Crippen LogP contribution in [0.15, 0.2) is 0 Å². The summed E-state index contributed by atoms with van der Waals surface area (Å²) in [5.74, 6) is 3.16. The molecule has 4 saturated carbocycles. The van der Waals surface area contributed by atoms with Crippen molar-refractivity contribution in [3.63, 3.8) is 0 Å². The van der Waals surface area contributed by atoms with E-state index in [0.29, 0.717) is 54.1 Å². The molecular formula is C27H42O5. The molecule has 9 atom stereocenters. The average Bonchev–Trinajstić information content (AvgIpc) is 3.11. The van der Waals surface area contributed by atoms with Crippen LogP contribution in [0.3, 0.4) is 0 Å². The summed E-state index contributed by atoms with van der Waals surface area (Å²) < 4.78 is 11.0. The van der Waals surface area contributed by atoms with Gasteiger partial charge in [-0.3, -0.25) is 14.4 Å². The molecule has 0 aromatic carbocycles. The van der Waals surface area contributed by atoms with E-state index >= 15 is 0 Å². The van der Waals surface area contributed by atoms with E-state index in [1.807, 2.05) is 0 Å². The zero-order chi connectivity index (χ0) is 23.3. The van der Waals surface area contributed by atoms with Crippen LogP contribution >= 0.6 is 0 Å². The monoisotopic (exact) mass is 446 g/mol. The predicted molar refractivity (Wildman–Crippen MR) is 122 cm³/mol. The third kappa shape index (κ3) is 3.81. The molecule has 4 fully saturated rings. The number of carbonyl (C=O) groups is 3. The van der Waals surface area contributed by atoms with E-state index in [2.05, 4.69) is 20.8 Å². The number of Topliss-reactive ketones (excluding diaryl/α,β-unsaturated/α-hetero) is 1. The number of rotatable bonds is 5. The van der Waals surface area contributed by atoms with Crippen LogP contribution in [-0.2, 0) is 23.9 Å². The van der Waals surface area contributed by atoms with Crippen LogP contribution < -0.4 is 0 Å². The summed E-state index contributed by atoms with van der Waals surface area (Å²) in [6.45, 7) is 8.62. The number of fused-ring (bicyclic) bond motifs is 5. The number of ketones is 1. The molecular weight excluding hydrogens is 404 g/mol. The minimum atomic E-state index is -0.183. The molecule has 0 heterocycles. The maximum absolute atomic E-state index is 12.2. The second kappa shape index (κ2) is 8.76. The first-order valence-corrected chi connectivity index (χ1v) is 12.9. The largest absolute Gasteiger partial charge is 0.469 e. The maximum atomic E-state index is 12.2. The first-order valence-electron chi connectivity index (χ1n) is 12.9. The lowest BCUT2D eigenvalue weighted by molar-refractivity contribution is -0.193. The quantitative estimate of drug-likeness (QED) is 0.533. The van der Waals surface area contributed by atoms with Gasteiger partial charge in [0.05, 0.1) is 7.11 Å². The highest BCUT2D eigenvalue weighted by Crippen LogP contribution is 2.68. The molecule has 5 nitrogen and oxygen atoms in total. The Kier molecular flexibility index (Phi) is 6.50. The zero-order valence-corrected chi connectivity index (χ0v) is 20.7. The van der Waals surface area contributed by atoms with Crippen molar-refractivity contribution < 1.29 is 23.9 Å². The predicted octanol–water partition coefficient (Wildman–Crippen LogP) is 5.35. The lowest BCUT2D eigenvalue weighted by Gasteiger charge is -2.62. The molecule has 0 bridgehead atoms. The van der Waals surface area contributed by atoms with Gasteiger partial charge >= 0.3 is 11.9 Å². The van der Waals surface area contributed by atoms with E-state index in [1.54, 1.807) is 6.92 Å². The lowest BCUT2D eigenvalue weighted by Crippen LogP contribution is -2.59. The van der Waals surface area contributed by atoms with Crippen LogP contribution in [0.2, 0.25) is 0 Å². The molecule has 0 N–H and O–H groups in total. The summed E-state index contributed by atoms with van der Waals surface area (Å²) in [4.78, 5) is 36.2. The van der Waals surface area contributed by atoms with Gasteiger partial charge < -0.3 is 9.47 Å². The fourth-order valence-corrected chi connectivity index (χ4v) is 8.97. The van der Waals surface area contributed by atoms with Crippen molar-refractivity contribution in [2.45, 2.75) is 98.0 Å². The highest BCUT2D eigenvalue weighted by molar-refractivity contribution is 5.79. The second-order valence-electron chi connectivity index (χ2n) is 11.9. The van der Waals surface area contributed by atoms with Gasteiger partial charge in [0.2, 0.25) is 0 Å². The van der Waals surface area contributed by atoms with Crippen molar-refractivity contribution >= 4 is 17.7 Å². The highest BCUT2D eigenvalue weighted by atomic mass is 16.5. The molecule has 5 heteroatoms. The Morgan fingerprint density at radius 1 is 1.12 bits per heavy atom. The fraction of sp³-hybridized carbons (Fsp3) is 0.889. The van der Waals surface area contributed by atoms with E-state index < -0.39 is 0 Å². The zero-order valence-electron chi connectivity index (χ0n) is 20.7. The van der Waals surface area contributed by atoms with Gasteiger partial charge in [0.1, 0.15) is 11.9 Å². The number of hydrogen-bond donors (Lipinski definition) is 0.